The van der Waals surface area contributed by atoms with Crippen LogP contribution in [0.15, 0.2) is 41.7 Å². The highest BCUT2D eigenvalue weighted by atomic mass is 16.1. The van der Waals surface area contributed by atoms with Crippen molar-refractivity contribution in [3.8, 4) is 0 Å². The van der Waals surface area contributed by atoms with Crippen molar-refractivity contribution in [1.29, 1.82) is 0 Å². The van der Waals surface area contributed by atoms with E-state index in [1.165, 1.54) is 4.57 Å². The van der Waals surface area contributed by atoms with Crippen molar-refractivity contribution >= 4 is 16.6 Å². The van der Waals surface area contributed by atoms with Crippen molar-refractivity contribution in [3.63, 3.8) is 0 Å². The van der Waals surface area contributed by atoms with Gasteiger partial charge in [0.2, 0.25) is 0 Å². The van der Waals surface area contributed by atoms with Gasteiger partial charge in [-0.15, -0.1) is 0 Å². The van der Waals surface area contributed by atoms with Crippen molar-refractivity contribution < 1.29 is 0 Å². The summed E-state index contributed by atoms with van der Waals surface area (Å²) in [6, 6.07) is 5.92. The van der Waals surface area contributed by atoms with Crippen LogP contribution in [-0.4, -0.2) is 50.6 Å². The van der Waals surface area contributed by atoms with Gasteiger partial charge >= 0.3 is 0 Å². The first-order chi connectivity index (χ1) is 12.6. The molecule has 0 radical (unpaired) electrons. The maximum Gasteiger partial charge on any atom is 0.260 e. The molecule has 0 N–H and O–H groups in total. The van der Waals surface area contributed by atoms with Crippen LogP contribution in [0.4, 0.5) is 5.69 Å². The smallest absolute Gasteiger partial charge is 0.260 e. The number of aryl methyl sites for hydroxylation is 2. The molecule has 0 bridgehead atoms. The second-order valence-electron chi connectivity index (χ2n) is 6.78. The maximum atomic E-state index is 12.1. The van der Waals surface area contributed by atoms with E-state index < -0.39 is 0 Å². The first-order valence-electron chi connectivity index (χ1n) is 8.80. The second-order valence-corrected chi connectivity index (χ2v) is 6.78. The molecule has 1 aromatic carbocycles. The van der Waals surface area contributed by atoms with Gasteiger partial charge in [0.1, 0.15) is 0 Å². The molecule has 1 aliphatic heterocycles. The quantitative estimate of drug-likeness (QED) is 0.710. The number of benzene rings is 1. The predicted molar refractivity (Wildman–Crippen MR) is 101 cm³/mol. The first-order valence-corrected chi connectivity index (χ1v) is 8.80. The molecule has 26 heavy (non-hydrogen) atoms. The number of anilines is 1. The molecule has 134 valence electrons. The Labute approximate surface area is 151 Å². The lowest BCUT2D eigenvalue weighted by Gasteiger charge is -2.36. The molecular weight excluding hydrogens is 328 g/mol. The van der Waals surface area contributed by atoms with Crippen LogP contribution in [0, 0.1) is 6.92 Å². The SMILES string of the molecule is Cc1cncc(CN2CCN(c3ccc4c(=O)n(C)cnc4c3)CC2)n1. The van der Waals surface area contributed by atoms with Crippen LogP contribution in [-0.2, 0) is 13.6 Å². The summed E-state index contributed by atoms with van der Waals surface area (Å²) < 4.78 is 1.51. The number of rotatable bonds is 3. The summed E-state index contributed by atoms with van der Waals surface area (Å²) in [7, 11) is 1.72. The largest absolute Gasteiger partial charge is 0.369 e. The molecule has 1 aliphatic rings. The summed E-state index contributed by atoms with van der Waals surface area (Å²) >= 11 is 0. The lowest BCUT2D eigenvalue weighted by atomic mass is 10.2. The Hall–Kier alpha value is -2.80. The van der Waals surface area contributed by atoms with Crippen LogP contribution in [0.1, 0.15) is 11.4 Å². The summed E-state index contributed by atoms with van der Waals surface area (Å²) in [5, 5.41) is 0.662. The minimum absolute atomic E-state index is 0.00867. The topological polar surface area (TPSA) is 67.2 Å². The molecule has 7 nitrogen and oxygen atoms in total. The predicted octanol–water partition coefficient (Wildman–Crippen LogP) is 1.35. The summed E-state index contributed by atoms with van der Waals surface area (Å²) in [6.45, 7) is 6.62. The van der Waals surface area contributed by atoms with Crippen molar-refractivity contribution in [2.45, 2.75) is 13.5 Å². The molecule has 0 atom stereocenters. The Morgan fingerprint density at radius 1 is 1.12 bits per heavy atom. The van der Waals surface area contributed by atoms with Gasteiger partial charge in [0.05, 0.1) is 28.6 Å². The minimum Gasteiger partial charge on any atom is -0.369 e. The Morgan fingerprint density at radius 3 is 2.69 bits per heavy atom. The molecule has 0 saturated carbocycles. The Morgan fingerprint density at radius 2 is 1.92 bits per heavy atom. The zero-order valence-electron chi connectivity index (χ0n) is 15.1. The lowest BCUT2D eigenvalue weighted by Crippen LogP contribution is -2.46. The zero-order chi connectivity index (χ0) is 18.1. The molecule has 4 rings (SSSR count). The van der Waals surface area contributed by atoms with Crippen LogP contribution in [0.3, 0.4) is 0 Å². The van der Waals surface area contributed by atoms with Crippen molar-refractivity contribution in [3.05, 3.63) is 58.7 Å². The minimum atomic E-state index is -0.00867. The van der Waals surface area contributed by atoms with Gasteiger partial charge in [0, 0.05) is 57.9 Å². The van der Waals surface area contributed by atoms with Crippen LogP contribution in [0.2, 0.25) is 0 Å². The van der Waals surface area contributed by atoms with Crippen LogP contribution < -0.4 is 10.5 Å². The van der Waals surface area contributed by atoms with Crippen LogP contribution in [0.25, 0.3) is 10.9 Å². The van der Waals surface area contributed by atoms with Crippen molar-refractivity contribution in [2.24, 2.45) is 7.05 Å². The van der Waals surface area contributed by atoms with Crippen molar-refractivity contribution in [1.82, 2.24) is 24.4 Å². The highest BCUT2D eigenvalue weighted by Gasteiger charge is 2.18. The molecular formula is C19H22N6O. The molecule has 1 fully saturated rings. The van der Waals surface area contributed by atoms with E-state index in [-0.39, 0.29) is 5.56 Å². The van der Waals surface area contributed by atoms with E-state index >= 15 is 0 Å². The molecule has 7 heteroatoms. The highest BCUT2D eigenvalue weighted by molar-refractivity contribution is 5.81. The van der Waals surface area contributed by atoms with E-state index in [4.69, 9.17) is 0 Å². The molecule has 3 heterocycles. The molecule has 3 aromatic rings. The number of aromatic nitrogens is 4. The first kappa shape index (κ1) is 16.7. The third-order valence-corrected chi connectivity index (χ3v) is 4.83. The van der Waals surface area contributed by atoms with Gasteiger partial charge in [-0.25, -0.2) is 4.98 Å². The molecule has 0 unspecified atom stereocenters. The summed E-state index contributed by atoms with van der Waals surface area (Å²) in [5.41, 5.74) is 3.84. The van der Waals surface area contributed by atoms with Crippen LogP contribution in [0.5, 0.6) is 0 Å². The highest BCUT2D eigenvalue weighted by Crippen LogP contribution is 2.20. The Balaban J connectivity index is 1.45. The van der Waals surface area contributed by atoms with Crippen LogP contribution >= 0.6 is 0 Å². The normalized spacial score (nSPS) is 15.5. The fraction of sp³-hybridized carbons (Fsp3) is 0.368. The Kier molecular flexibility index (Phi) is 4.38. The van der Waals surface area contributed by atoms with E-state index in [0.717, 1.165) is 55.3 Å². The molecule has 1 saturated heterocycles. The van der Waals surface area contributed by atoms with Gasteiger partial charge in [-0.2, -0.15) is 0 Å². The molecule has 0 amide bonds. The van der Waals surface area contributed by atoms with E-state index in [1.807, 2.05) is 31.3 Å². The summed E-state index contributed by atoms with van der Waals surface area (Å²) in [4.78, 5) is 30.0. The summed E-state index contributed by atoms with van der Waals surface area (Å²) in [5.74, 6) is 0. The zero-order valence-corrected chi connectivity index (χ0v) is 15.1. The summed E-state index contributed by atoms with van der Waals surface area (Å²) in [6.07, 6.45) is 5.20. The third kappa shape index (κ3) is 3.30. The van der Waals surface area contributed by atoms with E-state index in [9.17, 15) is 4.79 Å². The fourth-order valence-electron chi connectivity index (χ4n) is 3.38. The van der Waals surface area contributed by atoms with E-state index in [2.05, 4.69) is 24.8 Å². The third-order valence-electron chi connectivity index (χ3n) is 4.83. The fourth-order valence-corrected chi connectivity index (χ4v) is 3.38. The van der Waals surface area contributed by atoms with Gasteiger partial charge in [0.15, 0.2) is 0 Å². The molecule has 0 aliphatic carbocycles. The molecule has 2 aromatic heterocycles. The van der Waals surface area contributed by atoms with Gasteiger partial charge < -0.3 is 9.47 Å². The molecule has 0 spiro atoms. The number of hydrogen-bond acceptors (Lipinski definition) is 6. The Bertz CT molecular complexity index is 991. The number of piperazine rings is 1. The van der Waals surface area contributed by atoms with E-state index in [0.29, 0.717) is 5.39 Å². The number of fused-ring (bicyclic) bond motifs is 1. The monoisotopic (exact) mass is 350 g/mol. The standard InChI is InChI=1S/C19H22N6O/c1-14-10-20-11-15(22-14)12-24-5-7-25(8-6-24)16-3-4-17-18(9-16)21-13-23(2)19(17)26/h3-4,9-11,13H,5-8,12H2,1-2H3. The van der Waals surface area contributed by atoms with Gasteiger partial charge in [-0.3, -0.25) is 19.7 Å². The average Bonchev–Trinajstić information content (AvgIpc) is 2.65. The van der Waals surface area contributed by atoms with Gasteiger partial charge in [0.25, 0.3) is 5.56 Å². The average molecular weight is 350 g/mol. The second kappa shape index (κ2) is 6.84. The van der Waals surface area contributed by atoms with Crippen molar-refractivity contribution in [2.75, 3.05) is 31.1 Å². The van der Waals surface area contributed by atoms with Gasteiger partial charge in [-0.05, 0) is 25.1 Å². The van der Waals surface area contributed by atoms with Gasteiger partial charge in [-0.1, -0.05) is 0 Å². The number of hydrogen-bond donors (Lipinski definition) is 0. The maximum absolute atomic E-state index is 12.1. The van der Waals surface area contributed by atoms with E-state index in [1.54, 1.807) is 19.6 Å². The lowest BCUT2D eigenvalue weighted by molar-refractivity contribution is 0.246. The number of nitrogens with zero attached hydrogens (tertiary/aromatic N) is 6.